The van der Waals surface area contributed by atoms with Crippen molar-refractivity contribution in [2.24, 2.45) is 0 Å². The predicted molar refractivity (Wildman–Crippen MR) is 70.7 cm³/mol. The molecule has 0 bridgehead atoms. The highest BCUT2D eigenvalue weighted by Crippen LogP contribution is 2.23. The highest BCUT2D eigenvalue weighted by molar-refractivity contribution is 7.92. The van der Waals surface area contributed by atoms with Crippen molar-refractivity contribution < 1.29 is 18.0 Å². The van der Waals surface area contributed by atoms with Gasteiger partial charge in [0.2, 0.25) is 11.8 Å². The number of rotatable bonds is 2. The molecule has 1 aromatic carbocycles. The molecule has 1 saturated heterocycles. The molecule has 1 aliphatic rings. The van der Waals surface area contributed by atoms with Crippen LogP contribution in [0.1, 0.15) is 5.56 Å². The Morgan fingerprint density at radius 1 is 1.05 bits per heavy atom. The molecular formula is C11H9Cl2NO4S. The van der Waals surface area contributed by atoms with Gasteiger partial charge in [-0.25, -0.2) is 8.42 Å². The second kappa shape index (κ2) is 5.11. The van der Waals surface area contributed by atoms with Crippen molar-refractivity contribution in [3.8, 4) is 0 Å². The number of carbonyl (C=O) groups is 2. The second-order valence-corrected chi connectivity index (χ2v) is 7.03. The van der Waals surface area contributed by atoms with Crippen LogP contribution in [0.25, 0.3) is 0 Å². The predicted octanol–water partition coefficient (Wildman–Crippen LogP) is 1.28. The first-order valence-electron chi connectivity index (χ1n) is 5.26. The van der Waals surface area contributed by atoms with Crippen LogP contribution in [0, 0.1) is 0 Å². The van der Waals surface area contributed by atoms with Gasteiger partial charge in [-0.3, -0.25) is 14.5 Å². The Hall–Kier alpha value is -1.11. The quantitative estimate of drug-likeness (QED) is 0.769. The lowest BCUT2D eigenvalue weighted by molar-refractivity contribution is -0.143. The average Bonchev–Trinajstić information content (AvgIpc) is 2.27. The van der Waals surface area contributed by atoms with Crippen LogP contribution in [-0.2, 0) is 26.0 Å². The second-order valence-electron chi connectivity index (χ2n) is 4.15. The fourth-order valence-corrected chi connectivity index (χ4v) is 3.21. The monoisotopic (exact) mass is 321 g/mol. The lowest BCUT2D eigenvalue weighted by atomic mass is 10.2. The third-order valence-corrected chi connectivity index (χ3v) is 4.73. The van der Waals surface area contributed by atoms with Crippen LogP contribution >= 0.6 is 23.2 Å². The lowest BCUT2D eigenvalue weighted by Gasteiger charge is -2.24. The Morgan fingerprint density at radius 3 is 2.16 bits per heavy atom. The van der Waals surface area contributed by atoms with Gasteiger partial charge in [-0.05, 0) is 17.7 Å². The van der Waals surface area contributed by atoms with Crippen LogP contribution in [0.5, 0.6) is 0 Å². The first-order chi connectivity index (χ1) is 8.78. The largest absolute Gasteiger partial charge is 0.276 e. The number of hydrogen-bond acceptors (Lipinski definition) is 4. The average molecular weight is 322 g/mol. The molecule has 1 aliphatic heterocycles. The number of amides is 2. The summed E-state index contributed by atoms with van der Waals surface area (Å²) in [6.45, 7) is -0.00985. The van der Waals surface area contributed by atoms with Gasteiger partial charge in [0.1, 0.15) is 11.5 Å². The van der Waals surface area contributed by atoms with Crippen LogP contribution in [0.15, 0.2) is 18.2 Å². The summed E-state index contributed by atoms with van der Waals surface area (Å²) in [5.74, 6) is -2.72. The minimum absolute atomic E-state index is 0.00985. The molecule has 19 heavy (non-hydrogen) atoms. The summed E-state index contributed by atoms with van der Waals surface area (Å²) in [4.78, 5) is 24.2. The molecule has 102 valence electrons. The maximum absolute atomic E-state index is 11.6. The first-order valence-corrected chi connectivity index (χ1v) is 7.84. The Balaban J connectivity index is 2.21. The van der Waals surface area contributed by atoms with Crippen molar-refractivity contribution in [1.82, 2.24) is 4.90 Å². The Labute approximate surface area is 120 Å². The summed E-state index contributed by atoms with van der Waals surface area (Å²) in [6.07, 6.45) is 0. The van der Waals surface area contributed by atoms with Gasteiger partial charge in [0.05, 0.1) is 16.6 Å². The van der Waals surface area contributed by atoms with Crippen LogP contribution in [-0.4, -0.2) is 36.6 Å². The summed E-state index contributed by atoms with van der Waals surface area (Å²) < 4.78 is 22.5. The van der Waals surface area contributed by atoms with Gasteiger partial charge in [-0.1, -0.05) is 29.3 Å². The van der Waals surface area contributed by atoms with E-state index in [4.69, 9.17) is 23.2 Å². The maximum atomic E-state index is 11.6. The van der Waals surface area contributed by atoms with Gasteiger partial charge in [0, 0.05) is 0 Å². The molecule has 1 heterocycles. The van der Waals surface area contributed by atoms with E-state index in [2.05, 4.69) is 0 Å². The van der Waals surface area contributed by atoms with Crippen molar-refractivity contribution >= 4 is 44.9 Å². The van der Waals surface area contributed by atoms with Crippen molar-refractivity contribution in [1.29, 1.82) is 0 Å². The molecule has 0 spiro atoms. The smallest absolute Gasteiger partial charge is 0.244 e. The number of nitrogens with zero attached hydrogens (tertiary/aromatic N) is 1. The van der Waals surface area contributed by atoms with Crippen LogP contribution in [0.2, 0.25) is 10.0 Å². The number of sulfone groups is 1. The molecule has 2 rings (SSSR count). The topological polar surface area (TPSA) is 71.5 Å². The number of carbonyl (C=O) groups excluding carboxylic acids is 2. The van der Waals surface area contributed by atoms with Gasteiger partial charge in [-0.15, -0.1) is 0 Å². The third kappa shape index (κ3) is 3.26. The normalized spacial score (nSPS) is 18.7. The summed E-state index contributed by atoms with van der Waals surface area (Å²) in [7, 11) is -3.61. The molecule has 1 fully saturated rings. The van der Waals surface area contributed by atoms with Crippen molar-refractivity contribution in [3.63, 3.8) is 0 Å². The number of benzene rings is 1. The molecular weight excluding hydrogens is 313 g/mol. The van der Waals surface area contributed by atoms with Crippen molar-refractivity contribution in [2.45, 2.75) is 6.54 Å². The number of hydrogen-bond donors (Lipinski definition) is 0. The summed E-state index contributed by atoms with van der Waals surface area (Å²) >= 11 is 11.6. The maximum Gasteiger partial charge on any atom is 0.244 e. The van der Waals surface area contributed by atoms with Gasteiger partial charge in [0.25, 0.3) is 0 Å². The molecule has 8 heteroatoms. The van der Waals surface area contributed by atoms with E-state index in [0.717, 1.165) is 4.90 Å². The molecule has 2 amide bonds. The zero-order chi connectivity index (χ0) is 14.2. The molecule has 0 aromatic heterocycles. The van der Waals surface area contributed by atoms with E-state index in [1.54, 1.807) is 12.1 Å². The lowest BCUT2D eigenvalue weighted by Crippen LogP contribution is -2.48. The molecule has 0 unspecified atom stereocenters. The first kappa shape index (κ1) is 14.3. The van der Waals surface area contributed by atoms with E-state index in [9.17, 15) is 18.0 Å². The zero-order valence-electron chi connectivity index (χ0n) is 9.60. The minimum Gasteiger partial charge on any atom is -0.276 e. The van der Waals surface area contributed by atoms with E-state index in [0.29, 0.717) is 15.6 Å². The standard InChI is InChI=1S/C11H9Cl2NO4S/c12-8-2-1-7(3-9(8)13)4-14-10(15)5-19(17,18)6-11(14)16/h1-3H,4-6H2. The number of imide groups is 1. The fourth-order valence-electron chi connectivity index (χ4n) is 1.72. The molecule has 0 aliphatic carbocycles. The number of halogens is 2. The van der Waals surface area contributed by atoms with Crippen LogP contribution in [0.4, 0.5) is 0 Å². The van der Waals surface area contributed by atoms with Gasteiger partial charge < -0.3 is 0 Å². The summed E-state index contributed by atoms with van der Waals surface area (Å²) in [5.41, 5.74) is 0.607. The van der Waals surface area contributed by atoms with Crippen molar-refractivity contribution in [3.05, 3.63) is 33.8 Å². The fraction of sp³-hybridized carbons (Fsp3) is 0.273. The van der Waals surface area contributed by atoms with E-state index < -0.39 is 33.2 Å². The van der Waals surface area contributed by atoms with Gasteiger partial charge >= 0.3 is 0 Å². The van der Waals surface area contributed by atoms with Gasteiger partial charge in [0.15, 0.2) is 9.84 Å². The highest BCUT2D eigenvalue weighted by Gasteiger charge is 2.35. The van der Waals surface area contributed by atoms with Gasteiger partial charge in [-0.2, -0.15) is 0 Å². The molecule has 0 radical (unpaired) electrons. The third-order valence-electron chi connectivity index (χ3n) is 2.61. The summed E-state index contributed by atoms with van der Waals surface area (Å²) in [5, 5.41) is 0.674. The van der Waals surface area contributed by atoms with E-state index in [1.165, 1.54) is 6.07 Å². The SMILES string of the molecule is O=C1CS(=O)(=O)CC(=O)N1Cc1ccc(Cl)c(Cl)c1. The summed E-state index contributed by atoms with van der Waals surface area (Å²) in [6, 6.07) is 4.71. The Morgan fingerprint density at radius 2 is 1.63 bits per heavy atom. The Bertz CT molecular complexity index is 633. The van der Waals surface area contributed by atoms with Crippen molar-refractivity contribution in [2.75, 3.05) is 11.5 Å². The van der Waals surface area contributed by atoms with Crippen LogP contribution in [0.3, 0.4) is 0 Å². The molecule has 5 nitrogen and oxygen atoms in total. The van der Waals surface area contributed by atoms with E-state index in [-0.39, 0.29) is 6.54 Å². The molecule has 0 N–H and O–H groups in total. The zero-order valence-corrected chi connectivity index (χ0v) is 11.9. The molecule has 0 atom stereocenters. The van der Waals surface area contributed by atoms with Crippen LogP contribution < -0.4 is 0 Å². The highest BCUT2D eigenvalue weighted by atomic mass is 35.5. The molecule has 0 saturated carbocycles. The Kier molecular flexibility index (Phi) is 3.85. The molecule has 1 aromatic rings. The van der Waals surface area contributed by atoms with E-state index >= 15 is 0 Å². The van der Waals surface area contributed by atoms with E-state index in [1.807, 2.05) is 0 Å². The minimum atomic E-state index is -3.61.